The van der Waals surface area contributed by atoms with E-state index in [-0.39, 0.29) is 18.2 Å². The Hall–Kier alpha value is -2.25. The summed E-state index contributed by atoms with van der Waals surface area (Å²) in [7, 11) is 1.98. The van der Waals surface area contributed by atoms with Gasteiger partial charge in [-0.15, -0.1) is 0 Å². The van der Waals surface area contributed by atoms with Crippen molar-refractivity contribution in [3.05, 3.63) is 17.0 Å². The fourth-order valence-corrected chi connectivity index (χ4v) is 3.34. The average molecular weight is 437 g/mol. The zero-order chi connectivity index (χ0) is 23.8. The third-order valence-corrected chi connectivity index (χ3v) is 4.97. The number of amides is 1. The minimum Gasteiger partial charge on any atom is -0.444 e. The first-order chi connectivity index (χ1) is 14.4. The zero-order valence-electron chi connectivity index (χ0n) is 21.3. The molecule has 0 saturated heterocycles. The molecule has 8 nitrogen and oxygen atoms in total. The van der Waals surface area contributed by atoms with Gasteiger partial charge in [-0.05, 0) is 80.7 Å². The molecule has 1 amide bonds. The van der Waals surface area contributed by atoms with Gasteiger partial charge in [-0.1, -0.05) is 0 Å². The highest BCUT2D eigenvalue weighted by molar-refractivity contribution is 5.80. The van der Waals surface area contributed by atoms with Crippen molar-refractivity contribution in [1.29, 1.82) is 0 Å². The van der Waals surface area contributed by atoms with Crippen molar-refractivity contribution in [2.75, 3.05) is 19.6 Å². The molecule has 0 aromatic carbocycles. The summed E-state index contributed by atoms with van der Waals surface area (Å²) >= 11 is 0. The van der Waals surface area contributed by atoms with E-state index in [0.717, 1.165) is 31.0 Å². The molecular formula is C23H44N6O2. The van der Waals surface area contributed by atoms with Crippen molar-refractivity contribution >= 4 is 12.1 Å². The lowest BCUT2D eigenvalue weighted by molar-refractivity contribution is 0.0190. The second-order valence-electron chi connectivity index (χ2n) is 9.40. The molecule has 0 aliphatic rings. The van der Waals surface area contributed by atoms with Crippen molar-refractivity contribution in [1.82, 2.24) is 25.3 Å². The smallest absolute Gasteiger partial charge is 0.410 e. The maximum Gasteiger partial charge on any atom is 0.410 e. The Bertz CT molecular complexity index is 733. The number of rotatable bonds is 9. The number of aliphatic imine (C=N–C) groups is 1. The summed E-state index contributed by atoms with van der Waals surface area (Å²) in [6.07, 6.45) is 1.38. The molecule has 1 heterocycles. The molecule has 2 N–H and O–H groups in total. The molecule has 1 rings (SSSR count). The molecule has 8 heteroatoms. The maximum atomic E-state index is 12.4. The van der Waals surface area contributed by atoms with Crippen LogP contribution in [0.4, 0.5) is 4.79 Å². The van der Waals surface area contributed by atoms with E-state index in [1.54, 1.807) is 4.90 Å². The zero-order valence-corrected chi connectivity index (χ0v) is 21.3. The van der Waals surface area contributed by atoms with Gasteiger partial charge in [0.05, 0.1) is 5.69 Å². The van der Waals surface area contributed by atoms with Gasteiger partial charge >= 0.3 is 6.09 Å². The first-order valence-corrected chi connectivity index (χ1v) is 11.4. The molecule has 0 radical (unpaired) electrons. The normalized spacial score (nSPS) is 13.3. The Morgan fingerprint density at radius 2 is 1.90 bits per heavy atom. The molecule has 1 unspecified atom stereocenters. The van der Waals surface area contributed by atoms with E-state index in [9.17, 15) is 4.79 Å². The quantitative estimate of drug-likeness (QED) is 0.351. The van der Waals surface area contributed by atoms with Gasteiger partial charge in [-0.25, -0.2) is 4.79 Å². The number of ether oxygens (including phenoxy) is 1. The Kier molecular flexibility index (Phi) is 10.3. The van der Waals surface area contributed by atoms with Gasteiger partial charge in [-0.2, -0.15) is 5.10 Å². The van der Waals surface area contributed by atoms with Crippen LogP contribution in [0.5, 0.6) is 0 Å². The lowest BCUT2D eigenvalue weighted by Gasteiger charge is -2.30. The number of carbonyl (C=O) groups is 1. The fourth-order valence-electron chi connectivity index (χ4n) is 3.34. The van der Waals surface area contributed by atoms with Gasteiger partial charge in [0, 0.05) is 44.5 Å². The Labute approximate surface area is 188 Å². The largest absolute Gasteiger partial charge is 0.444 e. The molecular weight excluding hydrogens is 392 g/mol. The molecule has 0 fully saturated rings. The Balaban J connectivity index is 2.65. The van der Waals surface area contributed by atoms with E-state index in [2.05, 4.69) is 43.4 Å². The monoisotopic (exact) mass is 436 g/mol. The Morgan fingerprint density at radius 3 is 2.39 bits per heavy atom. The Morgan fingerprint density at radius 1 is 1.26 bits per heavy atom. The SMILES string of the molecule is CCNC(=NCCCN(C(=O)OC(C)(C)C)C(C)C)NC(C)Cc1c(C)nn(C)c1C. The second-order valence-corrected chi connectivity index (χ2v) is 9.40. The third-order valence-electron chi connectivity index (χ3n) is 4.97. The highest BCUT2D eigenvalue weighted by Gasteiger charge is 2.23. The minimum atomic E-state index is -0.494. The van der Waals surface area contributed by atoms with Gasteiger partial charge in [-0.3, -0.25) is 9.67 Å². The number of nitrogens with one attached hydrogen (secondary N) is 2. The van der Waals surface area contributed by atoms with Gasteiger partial charge in [0.15, 0.2) is 5.96 Å². The summed E-state index contributed by atoms with van der Waals surface area (Å²) in [6.45, 7) is 20.1. The molecule has 0 saturated carbocycles. The first kappa shape index (κ1) is 26.8. The summed E-state index contributed by atoms with van der Waals surface area (Å²) in [4.78, 5) is 18.9. The van der Waals surface area contributed by atoms with Crippen molar-refractivity contribution in [3.8, 4) is 0 Å². The lowest BCUT2D eigenvalue weighted by Crippen LogP contribution is -2.43. The van der Waals surface area contributed by atoms with Crippen molar-refractivity contribution < 1.29 is 9.53 Å². The predicted molar refractivity (Wildman–Crippen MR) is 128 cm³/mol. The molecule has 0 aliphatic carbocycles. The molecule has 0 spiro atoms. The summed E-state index contributed by atoms with van der Waals surface area (Å²) in [6, 6.07) is 0.296. The van der Waals surface area contributed by atoms with Crippen LogP contribution < -0.4 is 10.6 Å². The number of hydrogen-bond acceptors (Lipinski definition) is 4. The van der Waals surface area contributed by atoms with Gasteiger partial charge < -0.3 is 20.3 Å². The first-order valence-electron chi connectivity index (χ1n) is 11.4. The summed E-state index contributed by atoms with van der Waals surface area (Å²) in [5.74, 6) is 0.794. The van der Waals surface area contributed by atoms with Crippen LogP contribution in [-0.2, 0) is 18.2 Å². The summed E-state index contributed by atoms with van der Waals surface area (Å²) in [5.41, 5.74) is 3.06. The van der Waals surface area contributed by atoms with E-state index < -0.39 is 5.60 Å². The highest BCUT2D eigenvalue weighted by atomic mass is 16.6. The number of hydrogen-bond donors (Lipinski definition) is 2. The highest BCUT2D eigenvalue weighted by Crippen LogP contribution is 2.14. The van der Waals surface area contributed by atoms with E-state index >= 15 is 0 Å². The van der Waals surface area contributed by atoms with Crippen LogP contribution in [0, 0.1) is 13.8 Å². The van der Waals surface area contributed by atoms with Crippen LogP contribution in [-0.4, -0.2) is 64.1 Å². The number of guanidine groups is 1. The maximum absolute atomic E-state index is 12.4. The van der Waals surface area contributed by atoms with E-state index in [1.807, 2.05) is 46.3 Å². The third kappa shape index (κ3) is 9.19. The van der Waals surface area contributed by atoms with Crippen molar-refractivity contribution in [2.45, 2.75) is 92.8 Å². The number of aryl methyl sites for hydroxylation is 2. The average Bonchev–Trinajstić information content (AvgIpc) is 2.85. The van der Waals surface area contributed by atoms with Gasteiger partial charge in [0.25, 0.3) is 0 Å². The van der Waals surface area contributed by atoms with Crippen LogP contribution in [0.15, 0.2) is 4.99 Å². The molecule has 1 aromatic heterocycles. The predicted octanol–water partition coefficient (Wildman–Crippen LogP) is 3.56. The summed E-state index contributed by atoms with van der Waals surface area (Å²) < 4.78 is 7.46. The number of carbonyl (C=O) groups excluding carboxylic acids is 1. The van der Waals surface area contributed by atoms with Crippen LogP contribution in [0.3, 0.4) is 0 Å². The molecule has 1 atom stereocenters. The van der Waals surface area contributed by atoms with Crippen LogP contribution >= 0.6 is 0 Å². The van der Waals surface area contributed by atoms with Crippen LogP contribution in [0.1, 0.15) is 71.8 Å². The topological polar surface area (TPSA) is 83.8 Å². The standard InChI is InChI=1S/C23H44N6O2/c1-11-24-21(26-17(4)15-20-18(5)27-28(10)19(20)6)25-13-12-14-29(16(2)3)22(30)31-23(7,8)9/h16-17H,11-15H2,1-10H3,(H2,24,25,26). The molecule has 31 heavy (non-hydrogen) atoms. The number of nitrogens with zero attached hydrogens (tertiary/aromatic N) is 4. The molecule has 1 aromatic rings. The molecule has 178 valence electrons. The van der Waals surface area contributed by atoms with E-state index in [1.165, 1.54) is 11.3 Å². The molecule has 0 bridgehead atoms. The second kappa shape index (κ2) is 12.0. The van der Waals surface area contributed by atoms with Crippen molar-refractivity contribution in [2.24, 2.45) is 12.0 Å². The van der Waals surface area contributed by atoms with Gasteiger partial charge in [0.1, 0.15) is 5.60 Å². The van der Waals surface area contributed by atoms with E-state index in [0.29, 0.717) is 13.1 Å². The molecule has 0 aliphatic heterocycles. The van der Waals surface area contributed by atoms with Crippen molar-refractivity contribution in [3.63, 3.8) is 0 Å². The fraction of sp³-hybridized carbons (Fsp3) is 0.783. The minimum absolute atomic E-state index is 0.0798. The van der Waals surface area contributed by atoms with Gasteiger partial charge in [0.2, 0.25) is 0 Å². The van der Waals surface area contributed by atoms with E-state index in [4.69, 9.17) is 9.73 Å². The summed E-state index contributed by atoms with van der Waals surface area (Å²) in [5, 5.41) is 11.3. The van der Waals surface area contributed by atoms with Crippen LogP contribution in [0.25, 0.3) is 0 Å². The van der Waals surface area contributed by atoms with Crippen LogP contribution in [0.2, 0.25) is 0 Å². The number of aromatic nitrogens is 2. The lowest BCUT2D eigenvalue weighted by atomic mass is 10.1.